The Kier molecular flexibility index (Phi) is 4.42. The third-order valence-electron chi connectivity index (χ3n) is 5.29. The summed E-state index contributed by atoms with van der Waals surface area (Å²) in [6.07, 6.45) is 6.03. The predicted molar refractivity (Wildman–Crippen MR) is 84.5 cm³/mol. The maximum absolute atomic E-state index is 3.20. The fourth-order valence-corrected chi connectivity index (χ4v) is 4.34. The van der Waals surface area contributed by atoms with E-state index in [2.05, 4.69) is 41.5 Å². The summed E-state index contributed by atoms with van der Waals surface area (Å²) in [7, 11) is 4.28. The molecule has 0 aliphatic heterocycles. The largest absolute Gasteiger partial charge is 0.316 e. The van der Waals surface area contributed by atoms with Crippen molar-refractivity contribution in [3.63, 3.8) is 0 Å². The number of hydrogen-bond donors (Lipinski definition) is 1. The highest BCUT2D eigenvalue weighted by Crippen LogP contribution is 2.48. The highest BCUT2D eigenvalue weighted by atomic mass is 15.1. The minimum absolute atomic E-state index is 0.960. The molecule has 0 aromatic heterocycles. The van der Waals surface area contributed by atoms with E-state index in [-0.39, 0.29) is 0 Å². The van der Waals surface area contributed by atoms with Gasteiger partial charge in [-0.15, -0.1) is 0 Å². The molecule has 2 aliphatic carbocycles. The number of hydrogen-bond acceptors (Lipinski definition) is 2. The maximum Gasteiger partial charge on any atom is 0.0230 e. The van der Waals surface area contributed by atoms with Crippen LogP contribution in [-0.4, -0.2) is 25.5 Å². The summed E-state index contributed by atoms with van der Waals surface area (Å²) in [6.45, 7) is 3.34. The summed E-state index contributed by atoms with van der Waals surface area (Å²) < 4.78 is 0. The molecular weight excluding hydrogens is 244 g/mol. The van der Waals surface area contributed by atoms with Gasteiger partial charge in [0.15, 0.2) is 0 Å². The summed E-state index contributed by atoms with van der Waals surface area (Å²) in [5.74, 6) is 3.09. The van der Waals surface area contributed by atoms with E-state index in [9.17, 15) is 0 Å². The van der Waals surface area contributed by atoms with Crippen molar-refractivity contribution in [2.45, 2.75) is 38.8 Å². The van der Waals surface area contributed by atoms with E-state index in [0.717, 1.165) is 30.8 Å². The van der Waals surface area contributed by atoms with Gasteiger partial charge in [-0.1, -0.05) is 30.7 Å². The van der Waals surface area contributed by atoms with E-state index in [4.69, 9.17) is 0 Å². The van der Waals surface area contributed by atoms with Crippen LogP contribution in [0.4, 0.5) is 0 Å². The van der Waals surface area contributed by atoms with Gasteiger partial charge >= 0.3 is 0 Å². The lowest BCUT2D eigenvalue weighted by molar-refractivity contribution is 0.214. The molecule has 0 radical (unpaired) electrons. The fraction of sp³-hybridized carbons (Fsp3) is 0.667. The van der Waals surface area contributed by atoms with Crippen molar-refractivity contribution in [1.29, 1.82) is 0 Å². The van der Waals surface area contributed by atoms with Gasteiger partial charge < -0.3 is 10.2 Å². The molecular formula is C18H28N2. The molecule has 0 heterocycles. The first-order chi connectivity index (χ1) is 9.74. The average Bonchev–Trinajstić information content (AvgIpc) is 3.03. The van der Waals surface area contributed by atoms with E-state index in [0.29, 0.717) is 0 Å². The summed E-state index contributed by atoms with van der Waals surface area (Å²) in [4.78, 5) is 2.53. The number of rotatable bonds is 6. The maximum atomic E-state index is 3.20. The molecule has 3 unspecified atom stereocenters. The van der Waals surface area contributed by atoms with Crippen LogP contribution in [0.1, 0.15) is 36.8 Å². The monoisotopic (exact) mass is 272 g/mol. The smallest absolute Gasteiger partial charge is 0.0230 e. The van der Waals surface area contributed by atoms with Crippen LogP contribution in [0.3, 0.4) is 0 Å². The molecule has 3 atom stereocenters. The van der Waals surface area contributed by atoms with Crippen molar-refractivity contribution in [3.8, 4) is 0 Å². The van der Waals surface area contributed by atoms with Crippen LogP contribution in [0.5, 0.6) is 0 Å². The first-order valence-electron chi connectivity index (χ1n) is 8.15. The number of fused-ring (bicyclic) bond motifs is 2. The Hall–Kier alpha value is -0.860. The molecule has 2 aliphatic rings. The zero-order chi connectivity index (χ0) is 13.9. The lowest BCUT2D eigenvalue weighted by Crippen LogP contribution is -2.28. The lowest BCUT2D eigenvalue weighted by Gasteiger charge is -2.27. The first kappa shape index (κ1) is 14.1. The minimum atomic E-state index is 0.960. The molecule has 0 amide bonds. The summed E-state index contributed by atoms with van der Waals surface area (Å²) in [6, 6.07) is 9.06. The van der Waals surface area contributed by atoms with Gasteiger partial charge in [0.1, 0.15) is 0 Å². The van der Waals surface area contributed by atoms with Crippen LogP contribution >= 0.6 is 0 Å². The molecule has 2 fully saturated rings. The van der Waals surface area contributed by atoms with E-state index < -0.39 is 0 Å². The van der Waals surface area contributed by atoms with Crippen molar-refractivity contribution < 1.29 is 0 Å². The second-order valence-electron chi connectivity index (χ2n) is 6.98. The summed E-state index contributed by atoms with van der Waals surface area (Å²) >= 11 is 0. The molecule has 1 aromatic carbocycles. The van der Waals surface area contributed by atoms with Gasteiger partial charge in [-0.2, -0.15) is 0 Å². The molecule has 3 rings (SSSR count). The Morgan fingerprint density at radius 3 is 2.45 bits per heavy atom. The topological polar surface area (TPSA) is 15.3 Å². The third kappa shape index (κ3) is 3.24. The zero-order valence-electron chi connectivity index (χ0n) is 12.9. The van der Waals surface area contributed by atoms with Gasteiger partial charge in [-0.3, -0.25) is 0 Å². The van der Waals surface area contributed by atoms with Crippen molar-refractivity contribution in [1.82, 2.24) is 10.2 Å². The highest BCUT2D eigenvalue weighted by Gasteiger charge is 2.39. The van der Waals surface area contributed by atoms with Gasteiger partial charge in [-0.25, -0.2) is 0 Å². The molecule has 2 heteroatoms. The summed E-state index contributed by atoms with van der Waals surface area (Å²) in [5, 5.41) is 3.20. The van der Waals surface area contributed by atoms with Crippen LogP contribution in [0, 0.1) is 17.8 Å². The molecule has 1 N–H and O–H groups in total. The fourth-order valence-electron chi connectivity index (χ4n) is 4.34. The Labute approximate surface area is 123 Å². The van der Waals surface area contributed by atoms with E-state index in [1.165, 1.54) is 43.4 Å². The zero-order valence-corrected chi connectivity index (χ0v) is 12.9. The van der Waals surface area contributed by atoms with Crippen LogP contribution in [0.2, 0.25) is 0 Å². The Morgan fingerprint density at radius 2 is 1.85 bits per heavy atom. The Bertz CT molecular complexity index is 426. The normalized spacial score (nSPS) is 28.4. The van der Waals surface area contributed by atoms with E-state index in [1.807, 2.05) is 7.05 Å². The van der Waals surface area contributed by atoms with Crippen LogP contribution < -0.4 is 5.32 Å². The molecule has 2 bridgehead atoms. The van der Waals surface area contributed by atoms with Gasteiger partial charge in [0.2, 0.25) is 0 Å². The molecule has 0 saturated heterocycles. The van der Waals surface area contributed by atoms with Crippen LogP contribution in [0.15, 0.2) is 24.3 Å². The second-order valence-corrected chi connectivity index (χ2v) is 6.98. The van der Waals surface area contributed by atoms with Crippen molar-refractivity contribution in [2.24, 2.45) is 17.8 Å². The molecule has 20 heavy (non-hydrogen) atoms. The Balaban J connectivity index is 1.49. The van der Waals surface area contributed by atoms with Crippen LogP contribution in [-0.2, 0) is 13.1 Å². The van der Waals surface area contributed by atoms with Gasteiger partial charge in [0, 0.05) is 19.6 Å². The SMILES string of the molecule is CNCc1ccc(CN(C)CC2CC3CCC2C3)cc1. The van der Waals surface area contributed by atoms with Crippen molar-refractivity contribution in [2.75, 3.05) is 20.6 Å². The third-order valence-corrected chi connectivity index (χ3v) is 5.29. The van der Waals surface area contributed by atoms with Gasteiger partial charge in [0.25, 0.3) is 0 Å². The Morgan fingerprint density at radius 1 is 1.10 bits per heavy atom. The second kappa shape index (κ2) is 6.28. The van der Waals surface area contributed by atoms with Crippen LogP contribution in [0.25, 0.3) is 0 Å². The standard InChI is InChI=1S/C18H28N2/c1-19-11-14-3-5-15(6-4-14)12-20(2)13-18-10-16-7-8-17(18)9-16/h3-6,16-19H,7-13H2,1-2H3. The summed E-state index contributed by atoms with van der Waals surface area (Å²) in [5.41, 5.74) is 2.81. The number of benzene rings is 1. The highest BCUT2D eigenvalue weighted by molar-refractivity contribution is 5.22. The van der Waals surface area contributed by atoms with Crippen molar-refractivity contribution in [3.05, 3.63) is 35.4 Å². The quantitative estimate of drug-likeness (QED) is 0.855. The average molecular weight is 272 g/mol. The van der Waals surface area contributed by atoms with Crippen molar-refractivity contribution >= 4 is 0 Å². The van der Waals surface area contributed by atoms with E-state index in [1.54, 1.807) is 0 Å². The lowest BCUT2D eigenvalue weighted by atomic mass is 9.88. The molecule has 110 valence electrons. The first-order valence-corrected chi connectivity index (χ1v) is 8.15. The minimum Gasteiger partial charge on any atom is -0.316 e. The number of nitrogens with zero attached hydrogens (tertiary/aromatic N) is 1. The molecule has 1 aromatic rings. The van der Waals surface area contributed by atoms with Gasteiger partial charge in [-0.05, 0) is 62.2 Å². The van der Waals surface area contributed by atoms with Gasteiger partial charge in [0.05, 0.1) is 0 Å². The molecule has 2 nitrogen and oxygen atoms in total. The molecule has 2 saturated carbocycles. The number of nitrogens with one attached hydrogen (secondary N) is 1. The molecule has 0 spiro atoms. The predicted octanol–water partition coefficient (Wildman–Crippen LogP) is 3.27. The van der Waals surface area contributed by atoms with E-state index >= 15 is 0 Å².